The van der Waals surface area contributed by atoms with E-state index < -0.39 is 5.97 Å². The van der Waals surface area contributed by atoms with E-state index in [2.05, 4.69) is 27.3 Å². The molecule has 0 heterocycles. The van der Waals surface area contributed by atoms with Crippen LogP contribution in [0, 0.1) is 8.78 Å². The van der Waals surface area contributed by atoms with Crippen LogP contribution in [0.5, 0.6) is 0 Å². The van der Waals surface area contributed by atoms with Crippen molar-refractivity contribution in [3.8, 4) is 0 Å². The number of carbonyl (C=O) groups excluding carboxylic acids is 1. The molecule has 0 N–H and O–H groups in total. The highest BCUT2D eigenvalue weighted by Crippen LogP contribution is 2.07. The molecule has 0 aliphatic carbocycles. The Labute approximate surface area is 101 Å². The van der Waals surface area contributed by atoms with Crippen molar-refractivity contribution in [3.63, 3.8) is 0 Å². The number of benzene rings is 1. The molecule has 80 valence electrons. The number of halogens is 1. The lowest BCUT2D eigenvalue weighted by molar-refractivity contribution is -0.469. The third-order valence-corrected chi connectivity index (χ3v) is 2.42. The van der Waals surface area contributed by atoms with Crippen LogP contribution in [0.15, 0.2) is 24.3 Å². The van der Waals surface area contributed by atoms with Crippen LogP contribution >= 0.6 is 22.6 Å². The summed E-state index contributed by atoms with van der Waals surface area (Å²) in [5.74, 6) is -0.643. The summed E-state index contributed by atoms with van der Waals surface area (Å²) >= 11 is 2.18. The van der Waals surface area contributed by atoms with Gasteiger partial charge in [-0.05, 0) is 34.7 Å². The summed E-state index contributed by atoms with van der Waals surface area (Å²) in [6.07, 6.45) is 0.887. The van der Waals surface area contributed by atoms with Crippen LogP contribution in [0.25, 0.3) is 0 Å². The first-order valence-corrected chi connectivity index (χ1v) is 5.30. The molecule has 1 aromatic rings. The van der Waals surface area contributed by atoms with E-state index in [0.717, 1.165) is 15.3 Å². The number of hydrogen-bond donors (Lipinski definition) is 0. The van der Waals surface area contributed by atoms with Gasteiger partial charge in [0, 0.05) is 9.13 Å². The summed E-state index contributed by atoms with van der Waals surface area (Å²) in [5.41, 5.74) is 0.852. The Morgan fingerprint density at radius 2 is 2.13 bits per heavy atom. The predicted octanol–water partition coefficient (Wildman–Crippen LogP) is 1.55. The van der Waals surface area contributed by atoms with Gasteiger partial charge in [0.05, 0.1) is 7.11 Å². The number of nitrogens with zero attached hydrogens (tertiary/aromatic N) is 1. The molecule has 0 amide bonds. The minimum atomic E-state index is -0.643. The number of carbonyl (C=O) groups is 1. The van der Waals surface area contributed by atoms with Crippen LogP contribution in [-0.2, 0) is 16.1 Å². The zero-order valence-electron chi connectivity index (χ0n) is 8.14. The number of hydroxylamine groups is 1. The Kier molecular flexibility index (Phi) is 4.54. The van der Waals surface area contributed by atoms with Gasteiger partial charge in [0.25, 0.3) is 6.21 Å². The van der Waals surface area contributed by atoms with Gasteiger partial charge in [-0.2, -0.15) is 0 Å². The molecule has 0 saturated heterocycles. The van der Waals surface area contributed by atoms with Crippen molar-refractivity contribution < 1.29 is 14.3 Å². The standard InChI is InChI=1S/C10H10INO3/c1-15-10(13)7-12(14)6-8-2-4-9(11)5-3-8/h2-5,7H,6H2,1H3/b12-7-. The zero-order chi connectivity index (χ0) is 11.3. The van der Waals surface area contributed by atoms with E-state index >= 15 is 0 Å². The van der Waals surface area contributed by atoms with Gasteiger partial charge in [0.15, 0.2) is 6.54 Å². The second-order valence-corrected chi connectivity index (χ2v) is 4.10. The fourth-order valence-corrected chi connectivity index (χ4v) is 1.35. The second-order valence-electron chi connectivity index (χ2n) is 2.85. The first-order chi connectivity index (χ1) is 7.11. The molecule has 0 aliphatic heterocycles. The molecule has 1 rings (SSSR count). The van der Waals surface area contributed by atoms with Gasteiger partial charge in [-0.3, -0.25) is 0 Å². The molecule has 0 saturated carbocycles. The van der Waals surface area contributed by atoms with E-state index in [9.17, 15) is 10.0 Å². The average molecular weight is 319 g/mol. The van der Waals surface area contributed by atoms with E-state index in [1.165, 1.54) is 7.11 Å². The highest BCUT2D eigenvalue weighted by molar-refractivity contribution is 14.1. The van der Waals surface area contributed by atoms with E-state index in [1.807, 2.05) is 24.3 Å². The van der Waals surface area contributed by atoms with Gasteiger partial charge in [-0.15, -0.1) is 0 Å². The molecule has 5 heteroatoms. The molecule has 0 aliphatic rings. The SMILES string of the molecule is COC(=O)/C=[N+](\[O-])Cc1ccc(I)cc1. The molecule has 0 atom stereocenters. The van der Waals surface area contributed by atoms with Gasteiger partial charge >= 0.3 is 5.97 Å². The first-order valence-electron chi connectivity index (χ1n) is 4.23. The Hall–Kier alpha value is -1.11. The quantitative estimate of drug-likeness (QED) is 0.212. The van der Waals surface area contributed by atoms with E-state index in [1.54, 1.807) is 0 Å². The van der Waals surface area contributed by atoms with Crippen molar-refractivity contribution in [2.75, 3.05) is 7.11 Å². The van der Waals surface area contributed by atoms with Crippen LogP contribution in [0.3, 0.4) is 0 Å². The fourth-order valence-electron chi connectivity index (χ4n) is 0.986. The van der Waals surface area contributed by atoms with Gasteiger partial charge in [-0.25, -0.2) is 9.53 Å². The number of esters is 1. The van der Waals surface area contributed by atoms with Crippen LogP contribution in [0.4, 0.5) is 0 Å². The highest BCUT2D eigenvalue weighted by Gasteiger charge is 2.03. The normalized spacial score (nSPS) is 11.2. The molecular weight excluding hydrogens is 309 g/mol. The van der Waals surface area contributed by atoms with Crippen molar-refractivity contribution >= 4 is 34.8 Å². The molecule has 0 unspecified atom stereocenters. The topological polar surface area (TPSA) is 52.4 Å². The number of ether oxygens (including phenoxy) is 1. The van der Waals surface area contributed by atoms with Gasteiger partial charge in [-0.1, -0.05) is 12.1 Å². The summed E-state index contributed by atoms with van der Waals surface area (Å²) in [4.78, 5) is 10.7. The summed E-state index contributed by atoms with van der Waals surface area (Å²) in [6.45, 7) is 0.145. The lowest BCUT2D eigenvalue weighted by Gasteiger charge is -2.03. The van der Waals surface area contributed by atoms with Crippen LogP contribution in [0.1, 0.15) is 5.56 Å². The maximum absolute atomic E-state index is 11.2. The molecular formula is C10H10INO3. The van der Waals surface area contributed by atoms with Crippen molar-refractivity contribution in [1.29, 1.82) is 0 Å². The molecule has 1 aromatic carbocycles. The Morgan fingerprint density at radius 1 is 1.53 bits per heavy atom. The molecule has 0 radical (unpaired) electrons. The summed E-state index contributed by atoms with van der Waals surface area (Å²) in [7, 11) is 1.23. The lowest BCUT2D eigenvalue weighted by atomic mass is 10.2. The minimum absolute atomic E-state index is 0.145. The maximum atomic E-state index is 11.2. The molecule has 0 aromatic heterocycles. The maximum Gasteiger partial charge on any atom is 0.396 e. The monoisotopic (exact) mass is 319 g/mol. The van der Waals surface area contributed by atoms with Crippen LogP contribution in [-0.4, -0.2) is 24.0 Å². The Balaban J connectivity index is 2.66. The minimum Gasteiger partial charge on any atom is -0.623 e. The molecule has 0 spiro atoms. The lowest BCUT2D eigenvalue weighted by Crippen LogP contribution is -2.13. The highest BCUT2D eigenvalue weighted by atomic mass is 127. The van der Waals surface area contributed by atoms with Crippen LogP contribution < -0.4 is 0 Å². The number of hydrogen-bond acceptors (Lipinski definition) is 3. The van der Waals surface area contributed by atoms with E-state index in [0.29, 0.717) is 4.74 Å². The van der Waals surface area contributed by atoms with Gasteiger partial charge in [0.2, 0.25) is 0 Å². The Bertz CT molecular complexity index is 373. The van der Waals surface area contributed by atoms with E-state index in [4.69, 9.17) is 0 Å². The van der Waals surface area contributed by atoms with Crippen molar-refractivity contribution in [2.24, 2.45) is 0 Å². The smallest absolute Gasteiger partial charge is 0.396 e. The van der Waals surface area contributed by atoms with Crippen LogP contribution in [0.2, 0.25) is 0 Å². The summed E-state index contributed by atoms with van der Waals surface area (Å²) < 4.78 is 5.99. The second kappa shape index (κ2) is 5.69. The third-order valence-electron chi connectivity index (χ3n) is 1.70. The summed E-state index contributed by atoms with van der Waals surface area (Å²) in [6, 6.07) is 7.50. The molecule has 4 nitrogen and oxygen atoms in total. The predicted molar refractivity (Wildman–Crippen MR) is 64.6 cm³/mol. The van der Waals surface area contributed by atoms with Crippen molar-refractivity contribution in [2.45, 2.75) is 6.54 Å². The molecule has 0 bridgehead atoms. The van der Waals surface area contributed by atoms with Crippen molar-refractivity contribution in [3.05, 3.63) is 38.6 Å². The van der Waals surface area contributed by atoms with Gasteiger partial charge in [0.1, 0.15) is 0 Å². The van der Waals surface area contributed by atoms with Crippen molar-refractivity contribution in [1.82, 2.24) is 0 Å². The number of methoxy groups -OCH3 is 1. The average Bonchev–Trinajstić information content (AvgIpc) is 2.21. The molecule has 0 fully saturated rings. The molecule has 15 heavy (non-hydrogen) atoms. The van der Waals surface area contributed by atoms with Gasteiger partial charge < -0.3 is 9.94 Å². The largest absolute Gasteiger partial charge is 0.623 e. The third kappa shape index (κ3) is 4.28. The summed E-state index contributed by atoms with van der Waals surface area (Å²) in [5, 5.41) is 11.2. The number of rotatable bonds is 3. The Morgan fingerprint density at radius 3 is 2.67 bits per heavy atom. The first kappa shape index (κ1) is 12.0. The fraction of sp³-hybridized carbons (Fsp3) is 0.200. The van der Waals surface area contributed by atoms with E-state index in [-0.39, 0.29) is 6.54 Å². The zero-order valence-corrected chi connectivity index (χ0v) is 10.3.